The van der Waals surface area contributed by atoms with Crippen molar-refractivity contribution in [3.05, 3.63) is 30.0 Å². The Kier molecular flexibility index (Phi) is 4.56. The van der Waals surface area contributed by atoms with Gasteiger partial charge in [-0.05, 0) is 25.0 Å². The van der Waals surface area contributed by atoms with Gasteiger partial charge in [0.15, 0.2) is 14.9 Å². The summed E-state index contributed by atoms with van der Waals surface area (Å²) in [6, 6.07) is 2.65. The van der Waals surface area contributed by atoms with Gasteiger partial charge < -0.3 is 0 Å². The first-order chi connectivity index (χ1) is 11.7. The van der Waals surface area contributed by atoms with Gasteiger partial charge in [0.25, 0.3) is 5.82 Å². The maximum absolute atomic E-state index is 13.1. The first-order valence-electron chi connectivity index (χ1n) is 7.87. The summed E-state index contributed by atoms with van der Waals surface area (Å²) in [5.74, 6) is -1.05. The van der Waals surface area contributed by atoms with Crippen LogP contribution in [0.15, 0.2) is 23.4 Å². The molecule has 6 nitrogen and oxygen atoms in total. The van der Waals surface area contributed by atoms with Crippen LogP contribution in [-0.4, -0.2) is 34.4 Å². The molecule has 2 heterocycles. The van der Waals surface area contributed by atoms with Crippen LogP contribution in [0, 0.1) is 0 Å². The molecule has 2 aromatic heterocycles. The molecule has 0 radical (unpaired) electrons. The summed E-state index contributed by atoms with van der Waals surface area (Å²) in [5, 5.41) is 3.46. The summed E-state index contributed by atoms with van der Waals surface area (Å²) in [7, 11) is -3.49. The molecule has 25 heavy (non-hydrogen) atoms. The van der Waals surface area contributed by atoms with Crippen molar-refractivity contribution in [2.45, 2.75) is 49.2 Å². The maximum Gasteiger partial charge on any atom is 0.453 e. The highest BCUT2D eigenvalue weighted by Crippen LogP contribution is 2.35. The third-order valence-electron chi connectivity index (χ3n) is 4.20. The molecule has 0 aromatic carbocycles. The Morgan fingerprint density at radius 2 is 1.84 bits per heavy atom. The second-order valence-electron chi connectivity index (χ2n) is 6.16. The first-order valence-corrected chi connectivity index (χ1v) is 9.76. The smallest absolute Gasteiger partial charge is 0.242 e. The van der Waals surface area contributed by atoms with Gasteiger partial charge >= 0.3 is 6.18 Å². The van der Waals surface area contributed by atoms with E-state index in [-0.39, 0.29) is 22.5 Å². The van der Waals surface area contributed by atoms with E-state index in [0.29, 0.717) is 0 Å². The van der Waals surface area contributed by atoms with Crippen LogP contribution in [0.3, 0.4) is 0 Å². The third-order valence-corrected chi connectivity index (χ3v) is 5.20. The van der Waals surface area contributed by atoms with E-state index in [2.05, 4.69) is 15.1 Å². The minimum absolute atomic E-state index is 0.105. The Labute approximate surface area is 143 Å². The summed E-state index contributed by atoms with van der Waals surface area (Å²) >= 11 is 0. The zero-order valence-corrected chi connectivity index (χ0v) is 14.3. The number of rotatable bonds is 3. The molecular formula is C15H17F3N4O2S. The fraction of sp³-hybridized carbons (Fsp3) is 0.533. The average Bonchev–Trinajstić information content (AvgIpc) is 3.00. The third kappa shape index (κ3) is 3.83. The molecule has 0 saturated heterocycles. The van der Waals surface area contributed by atoms with E-state index in [1.165, 1.54) is 18.3 Å². The van der Waals surface area contributed by atoms with Crippen LogP contribution in [-0.2, 0) is 16.0 Å². The van der Waals surface area contributed by atoms with Gasteiger partial charge in [-0.25, -0.2) is 23.1 Å². The Hall–Kier alpha value is -1.97. The molecule has 0 atom stereocenters. The van der Waals surface area contributed by atoms with Crippen LogP contribution in [0.4, 0.5) is 13.2 Å². The highest BCUT2D eigenvalue weighted by molar-refractivity contribution is 7.90. The molecule has 1 fully saturated rings. The molecule has 0 aliphatic heterocycles. The largest absolute Gasteiger partial charge is 0.453 e. The van der Waals surface area contributed by atoms with Gasteiger partial charge in [-0.1, -0.05) is 19.3 Å². The van der Waals surface area contributed by atoms with E-state index in [0.717, 1.165) is 43.0 Å². The lowest BCUT2D eigenvalue weighted by atomic mass is 9.88. The first kappa shape index (κ1) is 17.8. The standard InChI is InChI=1S/C15H17F3N4O2S/c1-25(23,24)12-8-7-11(9-19-12)22-13(10-5-3-2-4-6-10)20-14(21-22)15(16,17)18/h7-10H,2-6H2,1H3. The van der Waals surface area contributed by atoms with Crippen molar-refractivity contribution in [2.24, 2.45) is 0 Å². The molecule has 1 aliphatic carbocycles. The SMILES string of the molecule is CS(=O)(=O)c1ccc(-n2nc(C(F)(F)F)nc2C2CCCCC2)cn1. The summed E-state index contributed by atoms with van der Waals surface area (Å²) in [5.41, 5.74) is 0.260. The topological polar surface area (TPSA) is 77.7 Å². The number of nitrogens with zero attached hydrogens (tertiary/aromatic N) is 4. The minimum atomic E-state index is -4.64. The van der Waals surface area contributed by atoms with Gasteiger partial charge in [-0.15, -0.1) is 5.10 Å². The predicted octanol–water partition coefficient (Wildman–Crippen LogP) is 3.13. The van der Waals surface area contributed by atoms with Crippen molar-refractivity contribution < 1.29 is 21.6 Å². The van der Waals surface area contributed by atoms with E-state index < -0.39 is 21.8 Å². The van der Waals surface area contributed by atoms with E-state index in [1.807, 2.05) is 0 Å². The van der Waals surface area contributed by atoms with Crippen LogP contribution in [0.5, 0.6) is 0 Å². The van der Waals surface area contributed by atoms with E-state index in [1.54, 1.807) is 0 Å². The molecule has 3 rings (SSSR count). The Balaban J connectivity index is 2.05. The fourth-order valence-electron chi connectivity index (χ4n) is 2.98. The number of halogens is 3. The number of pyridine rings is 1. The van der Waals surface area contributed by atoms with Crippen molar-refractivity contribution in [3.63, 3.8) is 0 Å². The van der Waals surface area contributed by atoms with E-state index >= 15 is 0 Å². The van der Waals surface area contributed by atoms with Gasteiger partial charge in [-0.2, -0.15) is 13.2 Å². The summed E-state index contributed by atoms with van der Waals surface area (Å²) in [6.45, 7) is 0. The molecular weight excluding hydrogens is 357 g/mol. The van der Waals surface area contributed by atoms with Crippen molar-refractivity contribution in [1.82, 2.24) is 19.7 Å². The second-order valence-corrected chi connectivity index (χ2v) is 8.13. The van der Waals surface area contributed by atoms with Gasteiger partial charge in [-0.3, -0.25) is 0 Å². The summed E-state index contributed by atoms with van der Waals surface area (Å²) < 4.78 is 63.3. The van der Waals surface area contributed by atoms with Crippen molar-refractivity contribution in [2.75, 3.05) is 6.26 Å². The molecule has 10 heteroatoms. The Morgan fingerprint density at radius 3 is 2.36 bits per heavy atom. The molecule has 0 N–H and O–H groups in total. The lowest BCUT2D eigenvalue weighted by Crippen LogP contribution is -2.12. The lowest BCUT2D eigenvalue weighted by molar-refractivity contribution is -0.144. The van der Waals surface area contributed by atoms with Crippen LogP contribution in [0.1, 0.15) is 49.7 Å². The van der Waals surface area contributed by atoms with Gasteiger partial charge in [0.1, 0.15) is 5.82 Å². The molecule has 1 aliphatic rings. The fourth-order valence-corrected chi connectivity index (χ4v) is 3.54. The van der Waals surface area contributed by atoms with Crippen molar-refractivity contribution >= 4 is 9.84 Å². The summed E-state index contributed by atoms with van der Waals surface area (Å²) in [4.78, 5) is 7.56. The molecule has 136 valence electrons. The zero-order chi connectivity index (χ0) is 18.2. The number of sulfone groups is 1. The quantitative estimate of drug-likeness (QED) is 0.825. The summed E-state index contributed by atoms with van der Waals surface area (Å²) in [6.07, 6.45) is 2.01. The molecule has 2 aromatic rings. The average molecular weight is 374 g/mol. The highest BCUT2D eigenvalue weighted by Gasteiger charge is 2.38. The molecule has 0 unspecified atom stereocenters. The second kappa shape index (κ2) is 6.40. The molecule has 1 saturated carbocycles. The van der Waals surface area contributed by atoms with E-state index in [4.69, 9.17) is 0 Å². The number of alkyl halides is 3. The number of aromatic nitrogens is 4. The van der Waals surface area contributed by atoms with Crippen LogP contribution < -0.4 is 0 Å². The van der Waals surface area contributed by atoms with Crippen LogP contribution >= 0.6 is 0 Å². The van der Waals surface area contributed by atoms with E-state index in [9.17, 15) is 21.6 Å². The normalized spacial score (nSPS) is 17.0. The number of hydrogen-bond acceptors (Lipinski definition) is 5. The number of hydrogen-bond donors (Lipinski definition) is 0. The maximum atomic E-state index is 13.1. The molecule has 0 amide bonds. The van der Waals surface area contributed by atoms with Crippen LogP contribution in [0.25, 0.3) is 5.69 Å². The minimum Gasteiger partial charge on any atom is -0.242 e. The van der Waals surface area contributed by atoms with Crippen molar-refractivity contribution in [1.29, 1.82) is 0 Å². The van der Waals surface area contributed by atoms with Crippen LogP contribution in [0.2, 0.25) is 0 Å². The lowest BCUT2D eigenvalue weighted by Gasteiger charge is -2.21. The monoisotopic (exact) mass is 374 g/mol. The van der Waals surface area contributed by atoms with Gasteiger partial charge in [0.2, 0.25) is 0 Å². The Morgan fingerprint density at radius 1 is 1.16 bits per heavy atom. The molecule has 0 bridgehead atoms. The van der Waals surface area contributed by atoms with Crippen molar-refractivity contribution in [3.8, 4) is 5.69 Å². The predicted molar refractivity (Wildman–Crippen MR) is 83.1 cm³/mol. The highest BCUT2D eigenvalue weighted by atomic mass is 32.2. The molecule has 0 spiro atoms. The van der Waals surface area contributed by atoms with Gasteiger partial charge in [0, 0.05) is 12.2 Å². The Bertz CT molecular complexity index is 854. The zero-order valence-electron chi connectivity index (χ0n) is 13.5. The van der Waals surface area contributed by atoms with Gasteiger partial charge in [0.05, 0.1) is 11.9 Å².